The molecule has 3 aromatic carbocycles. The van der Waals surface area contributed by atoms with E-state index in [9.17, 15) is 9.90 Å². The van der Waals surface area contributed by atoms with E-state index in [2.05, 4.69) is 62.2 Å². The van der Waals surface area contributed by atoms with Gasteiger partial charge in [0.1, 0.15) is 23.4 Å². The molecule has 0 bridgehead atoms. The molecule has 1 amide bonds. The Morgan fingerprint density at radius 2 is 1.72 bits per heavy atom. The maximum atomic E-state index is 13.7. The van der Waals surface area contributed by atoms with E-state index < -0.39 is 0 Å². The van der Waals surface area contributed by atoms with E-state index in [1.807, 2.05) is 44.2 Å². The van der Waals surface area contributed by atoms with Crippen LogP contribution in [0, 0.1) is 12.3 Å². The lowest BCUT2D eigenvalue weighted by atomic mass is 9.91. The second-order valence-electron chi connectivity index (χ2n) is 11.2. The maximum absolute atomic E-state index is 13.7. The molecule has 6 heteroatoms. The summed E-state index contributed by atoms with van der Waals surface area (Å²) in [6.45, 7) is 10.4. The number of fused-ring (bicyclic) bond motifs is 1. The summed E-state index contributed by atoms with van der Waals surface area (Å²) < 4.78 is 11.2. The molecule has 1 aromatic heterocycles. The molecular weight excluding hydrogens is 488 g/mol. The van der Waals surface area contributed by atoms with E-state index in [0.29, 0.717) is 24.5 Å². The molecule has 0 spiro atoms. The molecule has 0 aliphatic heterocycles. The molecule has 1 atom stereocenters. The van der Waals surface area contributed by atoms with Crippen molar-refractivity contribution in [3.8, 4) is 22.6 Å². The van der Waals surface area contributed by atoms with Gasteiger partial charge in [-0.15, -0.1) is 0 Å². The Morgan fingerprint density at radius 1 is 1.00 bits per heavy atom. The number of aliphatic hydroxyl groups excluding tert-OH is 1. The third kappa shape index (κ3) is 6.95. The van der Waals surface area contributed by atoms with Crippen molar-refractivity contribution < 1.29 is 19.4 Å². The number of rotatable bonds is 9. The molecule has 0 saturated carbocycles. The average Bonchev–Trinajstić information content (AvgIpc) is 2.90. The van der Waals surface area contributed by atoms with E-state index in [4.69, 9.17) is 9.47 Å². The topological polar surface area (TPSA) is 71.9 Å². The van der Waals surface area contributed by atoms with Gasteiger partial charge in [-0.05, 0) is 83.3 Å². The Morgan fingerprint density at radius 3 is 2.36 bits per heavy atom. The number of hydrogen-bond donors (Lipinski definition) is 1. The molecule has 6 nitrogen and oxygen atoms in total. The van der Waals surface area contributed by atoms with Gasteiger partial charge < -0.3 is 14.6 Å². The number of methoxy groups -OCH3 is 1. The number of hydrogen-bond acceptors (Lipinski definition) is 5. The standard InChI is InChI=1S/C33H38N2O4/c1-22-17-26(11-14-30(22)38-6)25-9-7-24(8-10-25)20-35(31(37)19-33(3,4)5)32-29-13-12-28(39-23(2)21-36)18-27(29)15-16-34-32/h7-18,23,36H,19-21H2,1-6H3. The van der Waals surface area contributed by atoms with Gasteiger partial charge in [0.15, 0.2) is 0 Å². The number of aromatic nitrogens is 1. The Balaban J connectivity index is 1.67. The molecule has 204 valence electrons. The van der Waals surface area contributed by atoms with E-state index in [0.717, 1.165) is 38.8 Å². The monoisotopic (exact) mass is 526 g/mol. The molecular formula is C33H38N2O4. The van der Waals surface area contributed by atoms with Crippen molar-refractivity contribution in [1.29, 1.82) is 0 Å². The van der Waals surface area contributed by atoms with Crippen molar-refractivity contribution in [3.05, 3.63) is 84.1 Å². The van der Waals surface area contributed by atoms with Crippen LogP contribution in [0.15, 0.2) is 72.9 Å². The number of nitrogens with zero attached hydrogens (tertiary/aromatic N) is 2. The average molecular weight is 527 g/mol. The number of benzene rings is 3. The van der Waals surface area contributed by atoms with Gasteiger partial charge in [0.2, 0.25) is 5.91 Å². The summed E-state index contributed by atoms with van der Waals surface area (Å²) >= 11 is 0. The van der Waals surface area contributed by atoms with Crippen LogP contribution in [0.4, 0.5) is 5.82 Å². The second kappa shape index (κ2) is 11.9. The summed E-state index contributed by atoms with van der Waals surface area (Å²) in [6.07, 6.45) is 1.81. The number of anilines is 1. The van der Waals surface area contributed by atoms with E-state index >= 15 is 0 Å². The second-order valence-corrected chi connectivity index (χ2v) is 11.2. The highest BCUT2D eigenvalue weighted by molar-refractivity contribution is 6.02. The van der Waals surface area contributed by atoms with Gasteiger partial charge in [0, 0.05) is 18.0 Å². The van der Waals surface area contributed by atoms with Gasteiger partial charge in [0.25, 0.3) is 0 Å². The van der Waals surface area contributed by atoms with Gasteiger partial charge in [-0.2, -0.15) is 0 Å². The van der Waals surface area contributed by atoms with Crippen LogP contribution in [-0.4, -0.2) is 35.8 Å². The molecule has 1 N–H and O–H groups in total. The fourth-order valence-electron chi connectivity index (χ4n) is 4.57. The zero-order valence-electron chi connectivity index (χ0n) is 23.7. The summed E-state index contributed by atoms with van der Waals surface area (Å²) in [5.41, 5.74) is 4.15. The van der Waals surface area contributed by atoms with Crippen molar-refractivity contribution in [2.24, 2.45) is 5.41 Å². The van der Waals surface area contributed by atoms with Crippen molar-refractivity contribution in [3.63, 3.8) is 0 Å². The van der Waals surface area contributed by atoms with Crippen LogP contribution in [0.1, 0.15) is 45.2 Å². The van der Waals surface area contributed by atoms with Crippen molar-refractivity contribution in [2.45, 2.75) is 53.7 Å². The minimum atomic E-state index is -0.307. The summed E-state index contributed by atoms with van der Waals surface area (Å²) in [6, 6.07) is 22.1. The molecule has 0 saturated heterocycles. The van der Waals surface area contributed by atoms with E-state index in [-0.39, 0.29) is 24.0 Å². The molecule has 0 aliphatic rings. The molecule has 1 heterocycles. The molecule has 39 heavy (non-hydrogen) atoms. The number of carbonyl (C=O) groups is 1. The summed E-state index contributed by atoms with van der Waals surface area (Å²) in [7, 11) is 1.68. The Bertz CT molecular complexity index is 1440. The largest absolute Gasteiger partial charge is 0.496 e. The van der Waals surface area contributed by atoms with Crippen molar-refractivity contribution in [2.75, 3.05) is 18.6 Å². The third-order valence-corrected chi connectivity index (χ3v) is 6.57. The molecule has 4 aromatic rings. The van der Waals surface area contributed by atoms with Crippen LogP contribution < -0.4 is 14.4 Å². The van der Waals surface area contributed by atoms with Gasteiger partial charge >= 0.3 is 0 Å². The Kier molecular flexibility index (Phi) is 8.56. The predicted octanol–water partition coefficient (Wildman–Crippen LogP) is 6.95. The molecule has 1 unspecified atom stereocenters. The number of aliphatic hydroxyl groups is 1. The maximum Gasteiger partial charge on any atom is 0.229 e. The predicted molar refractivity (Wildman–Crippen MR) is 157 cm³/mol. The molecule has 0 aliphatic carbocycles. The minimum absolute atomic E-state index is 0.0200. The summed E-state index contributed by atoms with van der Waals surface area (Å²) in [4.78, 5) is 20.1. The molecule has 0 radical (unpaired) electrons. The number of amides is 1. The highest BCUT2D eigenvalue weighted by atomic mass is 16.5. The first kappa shape index (κ1) is 28.1. The lowest BCUT2D eigenvalue weighted by Crippen LogP contribution is -2.34. The van der Waals surface area contributed by atoms with Crippen LogP contribution in [0.3, 0.4) is 0 Å². The van der Waals surface area contributed by atoms with E-state index in [1.165, 1.54) is 0 Å². The fraction of sp³-hybridized carbons (Fsp3) is 0.333. The van der Waals surface area contributed by atoms with Crippen LogP contribution in [0.5, 0.6) is 11.5 Å². The highest BCUT2D eigenvalue weighted by Gasteiger charge is 2.25. The number of carbonyl (C=O) groups excluding carboxylic acids is 1. The Hall–Kier alpha value is -3.90. The van der Waals surface area contributed by atoms with Gasteiger partial charge in [0.05, 0.1) is 20.3 Å². The minimum Gasteiger partial charge on any atom is -0.496 e. The molecule has 0 fully saturated rings. The lowest BCUT2D eigenvalue weighted by molar-refractivity contribution is -0.120. The lowest BCUT2D eigenvalue weighted by Gasteiger charge is -2.27. The van der Waals surface area contributed by atoms with Crippen molar-refractivity contribution >= 4 is 22.5 Å². The summed E-state index contributed by atoms with van der Waals surface area (Å²) in [5.74, 6) is 2.18. The van der Waals surface area contributed by atoms with Crippen LogP contribution in [0.25, 0.3) is 21.9 Å². The van der Waals surface area contributed by atoms with Gasteiger partial charge in [-0.1, -0.05) is 51.1 Å². The smallest absolute Gasteiger partial charge is 0.229 e. The van der Waals surface area contributed by atoms with E-state index in [1.54, 1.807) is 18.2 Å². The van der Waals surface area contributed by atoms with Gasteiger partial charge in [-0.3, -0.25) is 9.69 Å². The number of aryl methyl sites for hydroxylation is 1. The first-order valence-electron chi connectivity index (χ1n) is 13.3. The zero-order chi connectivity index (χ0) is 28.2. The number of ether oxygens (including phenoxy) is 2. The normalized spacial score (nSPS) is 12.3. The first-order chi connectivity index (χ1) is 18.6. The van der Waals surface area contributed by atoms with Crippen LogP contribution in [0.2, 0.25) is 0 Å². The first-order valence-corrected chi connectivity index (χ1v) is 13.3. The fourth-order valence-corrected chi connectivity index (χ4v) is 4.57. The quantitative estimate of drug-likeness (QED) is 0.256. The Labute approximate surface area is 231 Å². The van der Waals surface area contributed by atoms with Crippen LogP contribution in [-0.2, 0) is 11.3 Å². The summed E-state index contributed by atoms with van der Waals surface area (Å²) in [5, 5.41) is 11.1. The zero-order valence-corrected chi connectivity index (χ0v) is 23.7. The number of pyridine rings is 1. The van der Waals surface area contributed by atoms with Crippen LogP contribution >= 0.6 is 0 Å². The highest BCUT2D eigenvalue weighted by Crippen LogP contribution is 2.32. The van der Waals surface area contributed by atoms with Crippen molar-refractivity contribution in [1.82, 2.24) is 4.98 Å². The van der Waals surface area contributed by atoms with Gasteiger partial charge in [-0.25, -0.2) is 4.98 Å². The SMILES string of the molecule is COc1ccc(-c2ccc(CN(C(=O)CC(C)(C)C)c3nccc4cc(OC(C)CO)ccc34)cc2)cc1C. The third-order valence-electron chi connectivity index (χ3n) is 6.57. The molecule has 4 rings (SSSR count).